The fourth-order valence-electron chi connectivity index (χ4n) is 1.75. The standard InChI is InChI=1S/C15H22N2O2/c1-17(9-10-19-12-14-7-8-14)15(18)16-11-13-5-3-2-4-6-13/h2-6,14H,7-12H2,1H3,(H,16,18). The van der Waals surface area contributed by atoms with E-state index in [0.717, 1.165) is 18.1 Å². The maximum absolute atomic E-state index is 11.8. The van der Waals surface area contributed by atoms with E-state index in [1.807, 2.05) is 30.3 Å². The molecule has 4 nitrogen and oxygen atoms in total. The summed E-state index contributed by atoms with van der Waals surface area (Å²) in [5.41, 5.74) is 1.11. The highest BCUT2D eigenvalue weighted by atomic mass is 16.5. The number of hydrogen-bond acceptors (Lipinski definition) is 2. The minimum Gasteiger partial charge on any atom is -0.379 e. The first-order valence-electron chi connectivity index (χ1n) is 6.86. The van der Waals surface area contributed by atoms with E-state index in [1.165, 1.54) is 12.8 Å². The van der Waals surface area contributed by atoms with Crippen molar-refractivity contribution >= 4 is 6.03 Å². The molecule has 0 heterocycles. The molecule has 2 amide bonds. The van der Waals surface area contributed by atoms with Crippen LogP contribution >= 0.6 is 0 Å². The number of amides is 2. The maximum Gasteiger partial charge on any atom is 0.317 e. The highest BCUT2D eigenvalue weighted by Gasteiger charge is 2.21. The number of nitrogens with one attached hydrogen (secondary N) is 1. The zero-order valence-corrected chi connectivity index (χ0v) is 11.5. The molecule has 4 heteroatoms. The van der Waals surface area contributed by atoms with Crippen molar-refractivity contribution in [3.8, 4) is 0 Å². The first kappa shape index (κ1) is 13.9. The first-order chi connectivity index (χ1) is 9.25. The van der Waals surface area contributed by atoms with E-state index in [2.05, 4.69) is 5.32 Å². The third-order valence-electron chi connectivity index (χ3n) is 3.25. The Morgan fingerprint density at radius 1 is 1.37 bits per heavy atom. The quantitative estimate of drug-likeness (QED) is 0.766. The van der Waals surface area contributed by atoms with Crippen molar-refractivity contribution in [2.45, 2.75) is 19.4 Å². The zero-order chi connectivity index (χ0) is 13.5. The normalized spacial score (nSPS) is 14.2. The Hall–Kier alpha value is -1.55. The van der Waals surface area contributed by atoms with Gasteiger partial charge in [0.25, 0.3) is 0 Å². The van der Waals surface area contributed by atoms with Gasteiger partial charge in [0.05, 0.1) is 6.61 Å². The molecule has 0 unspecified atom stereocenters. The van der Waals surface area contributed by atoms with Crippen LogP contribution in [0.2, 0.25) is 0 Å². The summed E-state index contributed by atoms with van der Waals surface area (Å²) < 4.78 is 5.52. The summed E-state index contributed by atoms with van der Waals surface area (Å²) in [6.07, 6.45) is 2.60. The molecule has 1 aliphatic rings. The molecule has 104 valence electrons. The number of nitrogens with zero attached hydrogens (tertiary/aromatic N) is 1. The number of likely N-dealkylation sites (N-methyl/N-ethyl adjacent to an activating group) is 1. The van der Waals surface area contributed by atoms with Gasteiger partial charge in [0.2, 0.25) is 0 Å². The molecule has 0 spiro atoms. The van der Waals surface area contributed by atoms with E-state index in [1.54, 1.807) is 11.9 Å². The molecular weight excluding hydrogens is 240 g/mol. The molecule has 2 rings (SSSR count). The number of carbonyl (C=O) groups is 1. The predicted molar refractivity (Wildman–Crippen MR) is 74.9 cm³/mol. The SMILES string of the molecule is CN(CCOCC1CC1)C(=O)NCc1ccccc1. The summed E-state index contributed by atoms with van der Waals surface area (Å²) in [5.74, 6) is 0.775. The minimum absolute atomic E-state index is 0.0566. The van der Waals surface area contributed by atoms with Crippen molar-refractivity contribution < 1.29 is 9.53 Å². The van der Waals surface area contributed by atoms with Gasteiger partial charge in [0, 0.05) is 26.7 Å². The van der Waals surface area contributed by atoms with Gasteiger partial charge < -0.3 is 15.0 Å². The molecule has 0 atom stereocenters. The third-order valence-corrected chi connectivity index (χ3v) is 3.25. The van der Waals surface area contributed by atoms with Crippen LogP contribution in [-0.4, -0.2) is 37.7 Å². The van der Waals surface area contributed by atoms with Crippen molar-refractivity contribution in [3.05, 3.63) is 35.9 Å². The zero-order valence-electron chi connectivity index (χ0n) is 11.5. The van der Waals surface area contributed by atoms with Gasteiger partial charge in [-0.25, -0.2) is 4.79 Å². The Balaban J connectivity index is 1.58. The van der Waals surface area contributed by atoms with Crippen LogP contribution in [0.3, 0.4) is 0 Å². The lowest BCUT2D eigenvalue weighted by atomic mass is 10.2. The van der Waals surface area contributed by atoms with Crippen molar-refractivity contribution in [1.82, 2.24) is 10.2 Å². The number of benzene rings is 1. The molecular formula is C15H22N2O2. The molecule has 1 aromatic rings. The van der Waals surface area contributed by atoms with Crippen LogP contribution in [0.4, 0.5) is 4.79 Å². The average Bonchev–Trinajstić information content (AvgIpc) is 3.26. The van der Waals surface area contributed by atoms with Crippen LogP contribution in [0.15, 0.2) is 30.3 Å². The Bertz CT molecular complexity index is 390. The Morgan fingerprint density at radius 2 is 2.11 bits per heavy atom. The summed E-state index contributed by atoms with van der Waals surface area (Å²) in [7, 11) is 1.79. The minimum atomic E-state index is -0.0566. The molecule has 1 fully saturated rings. The Labute approximate surface area is 114 Å². The van der Waals surface area contributed by atoms with Crippen LogP contribution in [0, 0.1) is 5.92 Å². The molecule has 1 N–H and O–H groups in total. The van der Waals surface area contributed by atoms with E-state index < -0.39 is 0 Å². The van der Waals surface area contributed by atoms with Gasteiger partial charge in [0.1, 0.15) is 0 Å². The van der Waals surface area contributed by atoms with E-state index in [4.69, 9.17) is 4.74 Å². The molecule has 19 heavy (non-hydrogen) atoms. The van der Waals surface area contributed by atoms with Gasteiger partial charge >= 0.3 is 6.03 Å². The fraction of sp³-hybridized carbons (Fsp3) is 0.533. The molecule has 1 saturated carbocycles. The number of rotatable bonds is 7. The fourth-order valence-corrected chi connectivity index (χ4v) is 1.75. The molecule has 0 radical (unpaired) electrons. The Morgan fingerprint density at radius 3 is 2.79 bits per heavy atom. The monoisotopic (exact) mass is 262 g/mol. The number of ether oxygens (including phenoxy) is 1. The highest BCUT2D eigenvalue weighted by molar-refractivity contribution is 5.73. The second-order valence-electron chi connectivity index (χ2n) is 5.08. The molecule has 0 saturated heterocycles. The van der Waals surface area contributed by atoms with Gasteiger partial charge in [0.15, 0.2) is 0 Å². The summed E-state index contributed by atoms with van der Waals surface area (Å²) in [6, 6.07) is 9.85. The van der Waals surface area contributed by atoms with E-state index in [0.29, 0.717) is 19.7 Å². The van der Waals surface area contributed by atoms with E-state index in [9.17, 15) is 4.79 Å². The van der Waals surface area contributed by atoms with E-state index >= 15 is 0 Å². The average molecular weight is 262 g/mol. The van der Waals surface area contributed by atoms with Gasteiger partial charge in [-0.05, 0) is 24.3 Å². The van der Waals surface area contributed by atoms with Gasteiger partial charge in [-0.3, -0.25) is 0 Å². The smallest absolute Gasteiger partial charge is 0.317 e. The molecule has 0 aromatic heterocycles. The van der Waals surface area contributed by atoms with Crippen LogP contribution in [-0.2, 0) is 11.3 Å². The largest absolute Gasteiger partial charge is 0.379 e. The molecule has 1 aromatic carbocycles. The number of urea groups is 1. The highest BCUT2D eigenvalue weighted by Crippen LogP contribution is 2.28. The predicted octanol–water partition coefficient (Wildman–Crippen LogP) is 2.25. The maximum atomic E-state index is 11.8. The molecule has 0 aliphatic heterocycles. The van der Waals surface area contributed by atoms with Crippen molar-refractivity contribution in [3.63, 3.8) is 0 Å². The lowest BCUT2D eigenvalue weighted by Crippen LogP contribution is -2.38. The summed E-state index contributed by atoms with van der Waals surface area (Å²) in [6.45, 7) is 2.66. The van der Waals surface area contributed by atoms with Crippen molar-refractivity contribution in [2.24, 2.45) is 5.92 Å². The van der Waals surface area contributed by atoms with Gasteiger partial charge in [-0.15, -0.1) is 0 Å². The van der Waals surface area contributed by atoms with Crippen LogP contribution in [0.25, 0.3) is 0 Å². The van der Waals surface area contributed by atoms with Gasteiger partial charge in [-0.2, -0.15) is 0 Å². The number of carbonyl (C=O) groups excluding carboxylic acids is 1. The van der Waals surface area contributed by atoms with Crippen molar-refractivity contribution in [2.75, 3.05) is 26.8 Å². The molecule has 1 aliphatic carbocycles. The topological polar surface area (TPSA) is 41.6 Å². The van der Waals surface area contributed by atoms with Crippen LogP contribution < -0.4 is 5.32 Å². The summed E-state index contributed by atoms with van der Waals surface area (Å²) in [5, 5.41) is 2.89. The lowest BCUT2D eigenvalue weighted by Gasteiger charge is -2.18. The third kappa shape index (κ3) is 5.30. The summed E-state index contributed by atoms with van der Waals surface area (Å²) in [4.78, 5) is 13.5. The Kier molecular flexibility index (Phi) is 5.21. The van der Waals surface area contributed by atoms with E-state index in [-0.39, 0.29) is 6.03 Å². The number of hydrogen-bond donors (Lipinski definition) is 1. The second-order valence-corrected chi connectivity index (χ2v) is 5.08. The van der Waals surface area contributed by atoms with Crippen LogP contribution in [0.5, 0.6) is 0 Å². The van der Waals surface area contributed by atoms with Gasteiger partial charge in [-0.1, -0.05) is 30.3 Å². The van der Waals surface area contributed by atoms with Crippen LogP contribution in [0.1, 0.15) is 18.4 Å². The second kappa shape index (κ2) is 7.14. The van der Waals surface area contributed by atoms with Crippen molar-refractivity contribution in [1.29, 1.82) is 0 Å². The molecule has 0 bridgehead atoms. The lowest BCUT2D eigenvalue weighted by molar-refractivity contribution is 0.108. The summed E-state index contributed by atoms with van der Waals surface area (Å²) >= 11 is 0. The first-order valence-corrected chi connectivity index (χ1v) is 6.86.